The number of aromatic nitrogens is 2. The summed E-state index contributed by atoms with van der Waals surface area (Å²) < 4.78 is 39.0. The monoisotopic (exact) mass is 350 g/mol. The van der Waals surface area contributed by atoms with Crippen molar-refractivity contribution in [2.45, 2.75) is 20.0 Å². The first kappa shape index (κ1) is 16.4. The van der Waals surface area contributed by atoms with Crippen molar-refractivity contribution in [3.05, 3.63) is 62.0 Å². The van der Waals surface area contributed by atoms with Crippen molar-refractivity contribution >= 4 is 33.7 Å². The van der Waals surface area contributed by atoms with E-state index < -0.39 is 11.7 Å². The SMILES string of the molecule is Cc1sc2nc(/C=C/c3ccccc3C(F)(F)F)[nH]c(=O)c2c1C. The molecule has 0 unspecified atom stereocenters. The van der Waals surface area contributed by atoms with Crippen LogP contribution in [0, 0.1) is 13.8 Å². The zero-order valence-corrected chi connectivity index (χ0v) is 13.7. The molecule has 0 aliphatic heterocycles. The third-order valence-electron chi connectivity index (χ3n) is 3.74. The van der Waals surface area contributed by atoms with Gasteiger partial charge in [0.1, 0.15) is 10.7 Å². The molecule has 3 aromatic rings. The molecule has 0 spiro atoms. The van der Waals surface area contributed by atoms with Gasteiger partial charge in [0, 0.05) is 4.88 Å². The molecule has 124 valence electrons. The fraction of sp³-hybridized carbons (Fsp3) is 0.176. The van der Waals surface area contributed by atoms with Crippen molar-refractivity contribution in [2.24, 2.45) is 0 Å². The number of nitrogens with zero attached hydrogens (tertiary/aromatic N) is 1. The maximum absolute atomic E-state index is 13.0. The minimum atomic E-state index is -4.44. The maximum Gasteiger partial charge on any atom is 0.416 e. The maximum atomic E-state index is 13.0. The predicted molar refractivity (Wildman–Crippen MR) is 90.1 cm³/mol. The van der Waals surface area contributed by atoms with Gasteiger partial charge in [-0.05, 0) is 37.1 Å². The summed E-state index contributed by atoms with van der Waals surface area (Å²) in [5.41, 5.74) is -0.119. The number of fused-ring (bicyclic) bond motifs is 1. The molecule has 2 heterocycles. The summed E-state index contributed by atoms with van der Waals surface area (Å²) in [7, 11) is 0. The molecule has 2 aromatic heterocycles. The lowest BCUT2D eigenvalue weighted by Crippen LogP contribution is -2.09. The molecule has 24 heavy (non-hydrogen) atoms. The van der Waals surface area contributed by atoms with E-state index in [-0.39, 0.29) is 16.9 Å². The fourth-order valence-electron chi connectivity index (χ4n) is 2.42. The number of nitrogens with one attached hydrogen (secondary N) is 1. The number of rotatable bonds is 2. The first-order valence-electron chi connectivity index (χ1n) is 7.11. The van der Waals surface area contributed by atoms with Gasteiger partial charge in [0.25, 0.3) is 5.56 Å². The molecule has 1 aromatic carbocycles. The van der Waals surface area contributed by atoms with E-state index in [2.05, 4.69) is 9.97 Å². The molecule has 1 N–H and O–H groups in total. The van der Waals surface area contributed by atoms with Crippen LogP contribution in [0.2, 0.25) is 0 Å². The smallest absolute Gasteiger partial charge is 0.306 e. The number of aryl methyl sites for hydroxylation is 2. The number of hydrogen-bond acceptors (Lipinski definition) is 3. The van der Waals surface area contributed by atoms with Gasteiger partial charge in [-0.2, -0.15) is 13.2 Å². The van der Waals surface area contributed by atoms with E-state index in [1.165, 1.54) is 41.7 Å². The fourth-order valence-corrected chi connectivity index (χ4v) is 3.46. The lowest BCUT2D eigenvalue weighted by Gasteiger charge is -2.09. The first-order chi connectivity index (χ1) is 11.3. The summed E-state index contributed by atoms with van der Waals surface area (Å²) in [5, 5.41) is 0.533. The van der Waals surface area contributed by atoms with Crippen LogP contribution in [0.5, 0.6) is 0 Å². The molecule has 0 saturated carbocycles. The Morgan fingerprint density at radius 1 is 1.17 bits per heavy atom. The van der Waals surface area contributed by atoms with Crippen molar-refractivity contribution in [2.75, 3.05) is 0 Å². The van der Waals surface area contributed by atoms with Gasteiger partial charge in [-0.3, -0.25) is 4.79 Å². The molecule has 0 fully saturated rings. The highest BCUT2D eigenvalue weighted by atomic mass is 32.1. The van der Waals surface area contributed by atoms with Crippen LogP contribution in [0.25, 0.3) is 22.4 Å². The van der Waals surface area contributed by atoms with Gasteiger partial charge in [0.05, 0.1) is 10.9 Å². The lowest BCUT2D eigenvalue weighted by molar-refractivity contribution is -0.137. The molecule has 3 nitrogen and oxygen atoms in total. The Labute approximate surface area is 139 Å². The summed E-state index contributed by atoms with van der Waals surface area (Å²) in [5.74, 6) is 0.228. The van der Waals surface area contributed by atoms with E-state index in [0.29, 0.717) is 10.2 Å². The highest BCUT2D eigenvalue weighted by Gasteiger charge is 2.32. The molecular weight excluding hydrogens is 337 g/mol. The Morgan fingerprint density at radius 2 is 1.88 bits per heavy atom. The second kappa shape index (κ2) is 5.90. The molecule has 7 heteroatoms. The Kier molecular flexibility index (Phi) is 4.04. The molecule has 3 rings (SSSR count). The van der Waals surface area contributed by atoms with Gasteiger partial charge >= 0.3 is 6.18 Å². The largest absolute Gasteiger partial charge is 0.416 e. The average molecular weight is 350 g/mol. The second-order valence-electron chi connectivity index (χ2n) is 5.33. The van der Waals surface area contributed by atoms with Crippen molar-refractivity contribution < 1.29 is 13.2 Å². The van der Waals surface area contributed by atoms with Crippen LogP contribution in [0.3, 0.4) is 0 Å². The van der Waals surface area contributed by atoms with E-state index in [0.717, 1.165) is 16.5 Å². The van der Waals surface area contributed by atoms with E-state index in [1.54, 1.807) is 0 Å². The molecular formula is C17H13F3N2OS. The quantitative estimate of drug-likeness (QED) is 0.722. The summed E-state index contributed by atoms with van der Waals surface area (Å²) in [6, 6.07) is 5.25. The van der Waals surface area contributed by atoms with Gasteiger partial charge < -0.3 is 4.98 Å². The van der Waals surface area contributed by atoms with Crippen LogP contribution in [0.15, 0.2) is 29.1 Å². The third kappa shape index (κ3) is 2.99. The zero-order valence-electron chi connectivity index (χ0n) is 12.9. The summed E-state index contributed by atoms with van der Waals surface area (Å²) in [6.07, 6.45) is -1.75. The lowest BCUT2D eigenvalue weighted by atomic mass is 10.1. The van der Waals surface area contributed by atoms with Crippen molar-refractivity contribution in [1.29, 1.82) is 0 Å². The average Bonchev–Trinajstić information content (AvgIpc) is 2.79. The van der Waals surface area contributed by atoms with Crippen molar-refractivity contribution in [1.82, 2.24) is 9.97 Å². The van der Waals surface area contributed by atoms with Crippen LogP contribution in [-0.2, 0) is 6.18 Å². The molecule has 0 amide bonds. The van der Waals surface area contributed by atoms with Crippen LogP contribution >= 0.6 is 11.3 Å². The Bertz CT molecular complexity index is 999. The predicted octanol–water partition coefficient (Wildman–Crippen LogP) is 4.79. The number of halogens is 3. The Hall–Kier alpha value is -2.41. The van der Waals surface area contributed by atoms with Gasteiger partial charge in [-0.25, -0.2) is 4.98 Å². The van der Waals surface area contributed by atoms with Crippen LogP contribution in [-0.4, -0.2) is 9.97 Å². The van der Waals surface area contributed by atoms with Crippen molar-refractivity contribution in [3.8, 4) is 0 Å². The number of aromatic amines is 1. The minimum Gasteiger partial charge on any atom is -0.306 e. The van der Waals surface area contributed by atoms with E-state index >= 15 is 0 Å². The first-order valence-corrected chi connectivity index (χ1v) is 7.93. The highest BCUT2D eigenvalue weighted by molar-refractivity contribution is 7.18. The molecule has 0 bridgehead atoms. The van der Waals surface area contributed by atoms with Crippen molar-refractivity contribution in [3.63, 3.8) is 0 Å². The van der Waals surface area contributed by atoms with E-state index in [1.807, 2.05) is 13.8 Å². The van der Waals surface area contributed by atoms with Gasteiger partial charge in [0.15, 0.2) is 0 Å². The standard InChI is InChI=1S/C17H13F3N2OS/c1-9-10(2)24-16-14(9)15(23)21-13(22-16)8-7-11-5-3-4-6-12(11)17(18,19)20/h3-8H,1-2H3,(H,21,22,23)/b8-7+. The highest BCUT2D eigenvalue weighted by Crippen LogP contribution is 2.32. The topological polar surface area (TPSA) is 45.8 Å². The molecule has 0 aliphatic carbocycles. The number of alkyl halides is 3. The molecule has 0 saturated heterocycles. The number of benzene rings is 1. The number of H-pyrrole nitrogens is 1. The summed E-state index contributed by atoms with van der Waals surface area (Å²) in [6.45, 7) is 3.75. The number of thiophene rings is 1. The zero-order chi connectivity index (χ0) is 17.5. The Morgan fingerprint density at radius 3 is 2.58 bits per heavy atom. The van der Waals surface area contributed by atoms with Crippen LogP contribution in [0.1, 0.15) is 27.4 Å². The van der Waals surface area contributed by atoms with Gasteiger partial charge in [0.2, 0.25) is 0 Å². The molecule has 0 atom stereocenters. The number of hydrogen-bond donors (Lipinski definition) is 1. The normalized spacial score (nSPS) is 12.4. The molecule has 0 radical (unpaired) electrons. The third-order valence-corrected chi connectivity index (χ3v) is 4.85. The minimum absolute atomic E-state index is 0.0197. The van der Waals surface area contributed by atoms with Crippen LogP contribution in [0.4, 0.5) is 13.2 Å². The summed E-state index contributed by atoms with van der Waals surface area (Å²) in [4.78, 5) is 20.7. The van der Waals surface area contributed by atoms with Gasteiger partial charge in [-0.15, -0.1) is 11.3 Å². The second-order valence-corrected chi connectivity index (χ2v) is 6.54. The summed E-state index contributed by atoms with van der Waals surface area (Å²) >= 11 is 1.39. The van der Waals surface area contributed by atoms with Gasteiger partial charge in [-0.1, -0.05) is 24.3 Å². The Balaban J connectivity index is 2.05. The van der Waals surface area contributed by atoms with E-state index in [4.69, 9.17) is 0 Å². The van der Waals surface area contributed by atoms with E-state index in [9.17, 15) is 18.0 Å². The molecule has 0 aliphatic rings. The van der Waals surface area contributed by atoms with Crippen LogP contribution < -0.4 is 5.56 Å².